The maximum Gasteiger partial charge on any atom is 0.146 e. The summed E-state index contributed by atoms with van der Waals surface area (Å²) in [6.45, 7) is 0. The largest absolute Gasteiger partial charge is 0.487 e. The first-order valence-corrected chi connectivity index (χ1v) is 7.83. The van der Waals surface area contributed by atoms with Gasteiger partial charge in [-0.05, 0) is 25.0 Å². The topological polar surface area (TPSA) is 39.2 Å². The lowest BCUT2D eigenvalue weighted by molar-refractivity contribution is -0.156. The molecule has 1 heterocycles. The highest BCUT2D eigenvalue weighted by Gasteiger charge is 2.56. The number of fused-ring (bicyclic) bond motifs is 1. The molecule has 0 amide bonds. The van der Waals surface area contributed by atoms with Crippen molar-refractivity contribution in [3.63, 3.8) is 0 Å². The summed E-state index contributed by atoms with van der Waals surface area (Å²) in [6.07, 6.45) is 7.94. The molecule has 108 valence electrons. The van der Waals surface area contributed by atoms with Gasteiger partial charge in [-0.1, -0.05) is 37.5 Å². The Bertz CT molecular complexity index is 688. The number of hydrogen-bond donors (Lipinski definition) is 0. The molecule has 0 bridgehead atoms. The highest BCUT2D eigenvalue weighted by Crippen LogP contribution is 2.50. The van der Waals surface area contributed by atoms with Crippen LogP contribution in [0.5, 0.6) is 5.75 Å². The second-order valence-corrected chi connectivity index (χ2v) is 6.31. The van der Waals surface area contributed by atoms with E-state index in [0.717, 1.165) is 42.3 Å². The van der Waals surface area contributed by atoms with Gasteiger partial charge in [0.15, 0.2) is 0 Å². The van der Waals surface area contributed by atoms with Crippen molar-refractivity contribution in [2.45, 2.75) is 44.6 Å². The van der Waals surface area contributed by atoms with Crippen LogP contribution in [0, 0.1) is 5.41 Å². The zero-order valence-electron chi connectivity index (χ0n) is 12.0. The van der Waals surface area contributed by atoms with Crippen LogP contribution in [0.3, 0.4) is 0 Å². The quantitative estimate of drug-likeness (QED) is 0.838. The van der Waals surface area contributed by atoms with E-state index in [9.17, 15) is 4.79 Å². The number of aromatic nitrogens is 1. The summed E-state index contributed by atoms with van der Waals surface area (Å²) in [7, 11) is 0. The monoisotopic (exact) mass is 281 g/mol. The first-order valence-electron chi connectivity index (χ1n) is 7.83. The fraction of sp³-hybridized carbons (Fsp3) is 0.444. The standard InChI is InChI=1S/C18H19NO2/c20-16-11-17(18(16)8-4-1-5-9-18)21-14-10-13-6-2-3-7-15(13)19-12-14/h2-3,6-7,10,12,17H,1,4-5,8-9,11H2. The van der Waals surface area contributed by atoms with Crippen molar-refractivity contribution in [1.82, 2.24) is 4.98 Å². The van der Waals surface area contributed by atoms with E-state index in [0.29, 0.717) is 12.2 Å². The molecule has 2 aliphatic rings. The van der Waals surface area contributed by atoms with Gasteiger partial charge in [-0.15, -0.1) is 0 Å². The number of hydrogen-bond acceptors (Lipinski definition) is 3. The molecule has 0 aliphatic heterocycles. The third-order valence-electron chi connectivity index (χ3n) is 5.13. The molecule has 4 rings (SSSR count). The van der Waals surface area contributed by atoms with Crippen molar-refractivity contribution >= 4 is 16.7 Å². The Hall–Kier alpha value is -1.90. The van der Waals surface area contributed by atoms with E-state index in [1.54, 1.807) is 6.20 Å². The molecule has 2 fully saturated rings. The van der Waals surface area contributed by atoms with Gasteiger partial charge in [0.1, 0.15) is 17.6 Å². The Labute approximate surface area is 124 Å². The SMILES string of the molecule is O=C1CC(Oc2cnc3ccccc3c2)C12CCCCC2. The average molecular weight is 281 g/mol. The van der Waals surface area contributed by atoms with E-state index < -0.39 is 0 Å². The van der Waals surface area contributed by atoms with Gasteiger partial charge in [0.2, 0.25) is 0 Å². The van der Waals surface area contributed by atoms with E-state index >= 15 is 0 Å². The molecular formula is C18H19NO2. The smallest absolute Gasteiger partial charge is 0.146 e. The molecule has 2 aliphatic carbocycles. The summed E-state index contributed by atoms with van der Waals surface area (Å²) >= 11 is 0. The maximum atomic E-state index is 12.1. The van der Waals surface area contributed by atoms with E-state index in [2.05, 4.69) is 4.98 Å². The van der Waals surface area contributed by atoms with Gasteiger partial charge in [0, 0.05) is 11.8 Å². The van der Waals surface area contributed by atoms with E-state index in [1.165, 1.54) is 6.42 Å². The van der Waals surface area contributed by atoms with Crippen LogP contribution in [0.2, 0.25) is 0 Å². The van der Waals surface area contributed by atoms with Crippen LogP contribution < -0.4 is 4.74 Å². The van der Waals surface area contributed by atoms with Crippen LogP contribution >= 0.6 is 0 Å². The highest BCUT2D eigenvalue weighted by molar-refractivity contribution is 5.92. The average Bonchev–Trinajstić information content (AvgIpc) is 2.55. The van der Waals surface area contributed by atoms with Gasteiger partial charge in [0.05, 0.1) is 17.1 Å². The fourth-order valence-corrected chi connectivity index (χ4v) is 3.83. The van der Waals surface area contributed by atoms with Crippen LogP contribution in [0.15, 0.2) is 36.5 Å². The Morgan fingerprint density at radius 3 is 2.76 bits per heavy atom. The minimum absolute atomic E-state index is 0.0493. The van der Waals surface area contributed by atoms with Crippen LogP contribution in [0.25, 0.3) is 10.9 Å². The Morgan fingerprint density at radius 2 is 1.95 bits per heavy atom. The van der Waals surface area contributed by atoms with Crippen molar-refractivity contribution in [1.29, 1.82) is 0 Å². The Balaban J connectivity index is 1.58. The molecule has 0 N–H and O–H groups in total. The predicted molar refractivity (Wildman–Crippen MR) is 81.3 cm³/mol. The number of pyridine rings is 1. The van der Waals surface area contributed by atoms with Gasteiger partial charge in [-0.2, -0.15) is 0 Å². The summed E-state index contributed by atoms with van der Waals surface area (Å²) < 4.78 is 6.14. The number of ether oxygens (including phenoxy) is 1. The summed E-state index contributed by atoms with van der Waals surface area (Å²) in [5, 5.41) is 1.08. The molecule has 0 radical (unpaired) electrons. The molecule has 1 aromatic heterocycles. The first-order chi connectivity index (χ1) is 10.3. The van der Waals surface area contributed by atoms with Crippen molar-refractivity contribution < 1.29 is 9.53 Å². The number of Topliss-reactive ketones (excluding diaryl/α,β-unsaturated/α-hetero) is 1. The highest BCUT2D eigenvalue weighted by atomic mass is 16.5. The predicted octanol–water partition coefficient (Wildman–Crippen LogP) is 3.91. The van der Waals surface area contributed by atoms with Gasteiger partial charge in [-0.25, -0.2) is 0 Å². The van der Waals surface area contributed by atoms with Crippen molar-refractivity contribution in [2.75, 3.05) is 0 Å². The lowest BCUT2D eigenvalue weighted by Crippen LogP contribution is -2.57. The number of nitrogens with zero attached hydrogens (tertiary/aromatic N) is 1. The molecule has 2 aromatic rings. The van der Waals surface area contributed by atoms with Crippen LogP contribution in [0.1, 0.15) is 38.5 Å². The molecule has 3 heteroatoms. The number of carbonyl (C=O) groups excluding carboxylic acids is 1. The van der Waals surface area contributed by atoms with Crippen molar-refractivity contribution in [3.8, 4) is 5.75 Å². The molecule has 3 nitrogen and oxygen atoms in total. The van der Waals surface area contributed by atoms with Crippen molar-refractivity contribution in [2.24, 2.45) is 5.41 Å². The molecule has 1 spiro atoms. The maximum absolute atomic E-state index is 12.1. The zero-order chi connectivity index (χ0) is 14.3. The van der Waals surface area contributed by atoms with Gasteiger partial charge in [0.25, 0.3) is 0 Å². The fourth-order valence-electron chi connectivity index (χ4n) is 3.83. The second kappa shape index (κ2) is 4.83. The Morgan fingerprint density at radius 1 is 1.14 bits per heavy atom. The summed E-state index contributed by atoms with van der Waals surface area (Å²) in [5.41, 5.74) is 0.783. The van der Waals surface area contributed by atoms with E-state index in [-0.39, 0.29) is 11.5 Å². The third kappa shape index (κ3) is 2.03. The van der Waals surface area contributed by atoms with Gasteiger partial charge in [-0.3, -0.25) is 9.78 Å². The Kier molecular flexibility index (Phi) is 2.95. The van der Waals surface area contributed by atoms with Crippen LogP contribution in [0.4, 0.5) is 0 Å². The number of para-hydroxylation sites is 1. The molecule has 1 aromatic carbocycles. The van der Waals surface area contributed by atoms with Crippen LogP contribution in [-0.2, 0) is 4.79 Å². The van der Waals surface area contributed by atoms with E-state index in [4.69, 9.17) is 4.74 Å². The normalized spacial score (nSPS) is 24.0. The van der Waals surface area contributed by atoms with Gasteiger partial charge < -0.3 is 4.74 Å². The van der Waals surface area contributed by atoms with E-state index in [1.807, 2.05) is 30.3 Å². The number of rotatable bonds is 2. The lowest BCUT2D eigenvalue weighted by atomic mass is 9.57. The second-order valence-electron chi connectivity index (χ2n) is 6.31. The first kappa shape index (κ1) is 12.8. The molecule has 0 saturated heterocycles. The third-order valence-corrected chi connectivity index (χ3v) is 5.13. The minimum atomic E-state index is -0.191. The minimum Gasteiger partial charge on any atom is -0.487 e. The summed E-state index contributed by atoms with van der Waals surface area (Å²) in [6, 6.07) is 10.1. The molecule has 1 unspecified atom stereocenters. The summed E-state index contributed by atoms with van der Waals surface area (Å²) in [5.74, 6) is 1.19. The number of benzene rings is 1. The van der Waals surface area contributed by atoms with Crippen LogP contribution in [-0.4, -0.2) is 16.9 Å². The molecule has 1 atom stereocenters. The molecular weight excluding hydrogens is 262 g/mol. The van der Waals surface area contributed by atoms with Gasteiger partial charge >= 0.3 is 0 Å². The number of ketones is 1. The lowest BCUT2D eigenvalue weighted by Gasteiger charge is -2.49. The summed E-state index contributed by atoms with van der Waals surface area (Å²) in [4.78, 5) is 16.6. The molecule has 21 heavy (non-hydrogen) atoms. The van der Waals surface area contributed by atoms with Crippen molar-refractivity contribution in [3.05, 3.63) is 36.5 Å². The number of carbonyl (C=O) groups is 1. The zero-order valence-corrected chi connectivity index (χ0v) is 12.0. The molecule has 2 saturated carbocycles.